The second-order valence-electron chi connectivity index (χ2n) is 6.76. The summed E-state index contributed by atoms with van der Waals surface area (Å²) in [5.41, 5.74) is 5.36. The minimum atomic E-state index is -0.356. The van der Waals surface area contributed by atoms with Crippen molar-refractivity contribution in [2.24, 2.45) is 0 Å². The van der Waals surface area contributed by atoms with Gasteiger partial charge in [0.1, 0.15) is 5.75 Å². The first-order chi connectivity index (χ1) is 14.0. The molecule has 0 fully saturated rings. The molecule has 0 saturated heterocycles. The van der Waals surface area contributed by atoms with Gasteiger partial charge in [0.2, 0.25) is 0 Å². The zero-order valence-corrected chi connectivity index (χ0v) is 16.9. The number of aryl methyl sites for hydroxylation is 1. The van der Waals surface area contributed by atoms with Crippen molar-refractivity contribution in [3.8, 4) is 37.8 Å². The van der Waals surface area contributed by atoms with E-state index in [4.69, 9.17) is 4.74 Å². The molecule has 5 heteroatoms. The minimum Gasteiger partial charge on any atom is -0.497 e. The van der Waals surface area contributed by atoms with Crippen LogP contribution in [0.15, 0.2) is 78.9 Å². The summed E-state index contributed by atoms with van der Waals surface area (Å²) in [5, 5.41) is 11.3. The van der Waals surface area contributed by atoms with Crippen LogP contribution in [0.3, 0.4) is 0 Å². The van der Waals surface area contributed by atoms with Crippen molar-refractivity contribution < 1.29 is 9.66 Å². The van der Waals surface area contributed by atoms with Crippen molar-refractivity contribution in [1.29, 1.82) is 0 Å². The van der Waals surface area contributed by atoms with E-state index >= 15 is 0 Å². The molecule has 0 aliphatic rings. The molecule has 0 amide bonds. The van der Waals surface area contributed by atoms with Crippen LogP contribution in [0.1, 0.15) is 5.56 Å². The summed E-state index contributed by atoms with van der Waals surface area (Å²) in [5.74, 6) is 0.791. The molecule has 0 N–H and O–H groups in total. The lowest BCUT2D eigenvalue weighted by Gasteiger charge is -2.06. The molecule has 1 aromatic heterocycles. The van der Waals surface area contributed by atoms with Crippen LogP contribution in [-0.2, 0) is 0 Å². The first-order valence-electron chi connectivity index (χ1n) is 9.15. The van der Waals surface area contributed by atoms with E-state index in [2.05, 4.69) is 37.3 Å². The largest absolute Gasteiger partial charge is 0.497 e. The summed E-state index contributed by atoms with van der Waals surface area (Å²) in [6.07, 6.45) is 0. The van der Waals surface area contributed by atoms with E-state index in [0.717, 1.165) is 37.8 Å². The first-order valence-corrected chi connectivity index (χ1v) is 9.97. The lowest BCUT2D eigenvalue weighted by Crippen LogP contribution is -1.88. The first kappa shape index (κ1) is 18.9. The molecule has 1 heterocycles. The van der Waals surface area contributed by atoms with Crippen molar-refractivity contribution in [2.45, 2.75) is 6.92 Å². The second kappa shape index (κ2) is 7.89. The fourth-order valence-corrected chi connectivity index (χ4v) is 4.39. The molecule has 0 bridgehead atoms. The van der Waals surface area contributed by atoms with Gasteiger partial charge in [-0.1, -0.05) is 54.1 Å². The zero-order valence-electron chi connectivity index (χ0n) is 16.1. The van der Waals surface area contributed by atoms with Crippen LogP contribution >= 0.6 is 11.3 Å². The van der Waals surface area contributed by atoms with Crippen LogP contribution in [0.5, 0.6) is 5.75 Å². The molecule has 0 aliphatic carbocycles. The number of ether oxygens (including phenoxy) is 1. The Bertz CT molecular complexity index is 1160. The van der Waals surface area contributed by atoms with Crippen LogP contribution in [-0.4, -0.2) is 12.0 Å². The Morgan fingerprint density at radius 3 is 2.21 bits per heavy atom. The van der Waals surface area contributed by atoms with Crippen molar-refractivity contribution in [2.75, 3.05) is 7.11 Å². The van der Waals surface area contributed by atoms with Crippen molar-refractivity contribution in [3.63, 3.8) is 0 Å². The SMILES string of the molecule is COc1ccc(-c2cc(-c3ccc(C)cc3)sc2-c2cccc([N+](=O)[O-])c2)cc1. The minimum absolute atomic E-state index is 0.0912. The highest BCUT2D eigenvalue weighted by atomic mass is 32.1. The number of nitro benzene ring substituents is 1. The molecule has 29 heavy (non-hydrogen) atoms. The highest BCUT2D eigenvalue weighted by Crippen LogP contribution is 2.44. The van der Waals surface area contributed by atoms with Gasteiger partial charge in [-0.05, 0) is 41.8 Å². The summed E-state index contributed by atoms with van der Waals surface area (Å²) in [6, 6.07) is 25.2. The standard InChI is InChI=1S/C24H19NO3S/c1-16-6-8-18(9-7-16)23-15-22(17-10-12-21(28-2)13-11-17)24(29-23)19-4-3-5-20(14-19)25(26)27/h3-15H,1-2H3. The molecule has 4 nitrogen and oxygen atoms in total. The number of thiophene rings is 1. The van der Waals surface area contributed by atoms with E-state index in [1.54, 1.807) is 30.6 Å². The number of methoxy groups -OCH3 is 1. The molecule has 4 rings (SSSR count). The van der Waals surface area contributed by atoms with E-state index in [9.17, 15) is 10.1 Å². The van der Waals surface area contributed by atoms with E-state index in [-0.39, 0.29) is 10.6 Å². The normalized spacial score (nSPS) is 10.7. The molecular weight excluding hydrogens is 382 g/mol. The fraction of sp³-hybridized carbons (Fsp3) is 0.0833. The fourth-order valence-electron chi connectivity index (χ4n) is 3.21. The maximum atomic E-state index is 11.3. The molecular formula is C24H19NO3S. The Morgan fingerprint density at radius 1 is 0.862 bits per heavy atom. The quantitative estimate of drug-likeness (QED) is 0.268. The summed E-state index contributed by atoms with van der Waals surface area (Å²) < 4.78 is 5.28. The van der Waals surface area contributed by atoms with Gasteiger partial charge in [-0.25, -0.2) is 0 Å². The molecule has 0 radical (unpaired) electrons. The Balaban J connectivity index is 1.88. The van der Waals surface area contributed by atoms with Crippen LogP contribution in [0.4, 0.5) is 5.69 Å². The summed E-state index contributed by atoms with van der Waals surface area (Å²) in [7, 11) is 1.64. The van der Waals surface area contributed by atoms with E-state index < -0.39 is 0 Å². The van der Waals surface area contributed by atoms with E-state index in [1.807, 2.05) is 30.3 Å². The maximum Gasteiger partial charge on any atom is 0.270 e. The number of hydrogen-bond acceptors (Lipinski definition) is 4. The van der Waals surface area contributed by atoms with Gasteiger partial charge >= 0.3 is 0 Å². The second-order valence-corrected chi connectivity index (χ2v) is 7.81. The highest BCUT2D eigenvalue weighted by molar-refractivity contribution is 7.19. The lowest BCUT2D eigenvalue weighted by atomic mass is 10.0. The van der Waals surface area contributed by atoms with Gasteiger partial charge < -0.3 is 4.74 Å². The van der Waals surface area contributed by atoms with Crippen LogP contribution in [0.2, 0.25) is 0 Å². The van der Waals surface area contributed by atoms with Gasteiger partial charge in [-0.2, -0.15) is 0 Å². The van der Waals surface area contributed by atoms with Gasteiger partial charge in [0, 0.05) is 27.5 Å². The zero-order chi connectivity index (χ0) is 20.4. The molecule has 3 aromatic carbocycles. The molecule has 0 aliphatic heterocycles. The van der Waals surface area contributed by atoms with Crippen molar-refractivity contribution in [1.82, 2.24) is 0 Å². The lowest BCUT2D eigenvalue weighted by molar-refractivity contribution is -0.384. The van der Waals surface area contributed by atoms with Crippen LogP contribution in [0.25, 0.3) is 32.0 Å². The Hall–Kier alpha value is -3.44. The number of non-ortho nitro benzene ring substituents is 1. The monoisotopic (exact) mass is 401 g/mol. The summed E-state index contributed by atoms with van der Waals surface area (Å²) >= 11 is 1.64. The van der Waals surface area contributed by atoms with Crippen LogP contribution < -0.4 is 4.74 Å². The molecule has 0 spiro atoms. The van der Waals surface area contributed by atoms with Crippen molar-refractivity contribution in [3.05, 3.63) is 94.5 Å². The number of benzene rings is 3. The average molecular weight is 401 g/mol. The topological polar surface area (TPSA) is 52.4 Å². The Morgan fingerprint density at radius 2 is 1.55 bits per heavy atom. The highest BCUT2D eigenvalue weighted by Gasteiger charge is 2.16. The number of rotatable bonds is 5. The Kier molecular flexibility index (Phi) is 5.14. The number of nitro groups is 1. The van der Waals surface area contributed by atoms with E-state index in [1.165, 1.54) is 11.6 Å². The van der Waals surface area contributed by atoms with Crippen LogP contribution in [0, 0.1) is 17.0 Å². The number of nitrogens with zero attached hydrogens (tertiary/aromatic N) is 1. The third-order valence-corrected chi connectivity index (χ3v) is 6.02. The molecule has 144 valence electrons. The summed E-state index contributed by atoms with van der Waals surface area (Å²) in [6.45, 7) is 2.06. The third kappa shape index (κ3) is 3.91. The van der Waals surface area contributed by atoms with Gasteiger partial charge in [0.05, 0.1) is 12.0 Å². The third-order valence-electron chi connectivity index (χ3n) is 4.79. The predicted molar refractivity (Wildman–Crippen MR) is 119 cm³/mol. The van der Waals surface area contributed by atoms with Gasteiger partial charge in [0.15, 0.2) is 0 Å². The average Bonchev–Trinajstić information content (AvgIpc) is 3.20. The molecule has 0 saturated carbocycles. The smallest absolute Gasteiger partial charge is 0.270 e. The predicted octanol–water partition coefficient (Wildman–Crippen LogP) is 6.97. The molecule has 4 aromatic rings. The van der Waals surface area contributed by atoms with Gasteiger partial charge in [0.25, 0.3) is 5.69 Å². The molecule has 0 atom stereocenters. The van der Waals surface area contributed by atoms with Gasteiger partial charge in [-0.3, -0.25) is 10.1 Å². The number of hydrogen-bond donors (Lipinski definition) is 0. The van der Waals surface area contributed by atoms with E-state index in [0.29, 0.717) is 0 Å². The van der Waals surface area contributed by atoms with Crippen molar-refractivity contribution >= 4 is 17.0 Å². The van der Waals surface area contributed by atoms with Gasteiger partial charge in [-0.15, -0.1) is 11.3 Å². The Labute approximate surface area is 173 Å². The maximum absolute atomic E-state index is 11.3. The molecule has 0 unspecified atom stereocenters. The summed E-state index contributed by atoms with van der Waals surface area (Å²) in [4.78, 5) is 13.0.